The summed E-state index contributed by atoms with van der Waals surface area (Å²) in [7, 11) is 0. The summed E-state index contributed by atoms with van der Waals surface area (Å²) in [5, 5.41) is 0. The van der Waals surface area contributed by atoms with Crippen LogP contribution in [0.2, 0.25) is 0 Å². The van der Waals surface area contributed by atoms with Crippen molar-refractivity contribution in [3.63, 3.8) is 0 Å². The lowest BCUT2D eigenvalue weighted by Gasteiger charge is -2.17. The minimum Gasteiger partial charge on any atom is -0.379 e. The third kappa shape index (κ3) is 14.1. The molecular formula is C16H34O3. The van der Waals surface area contributed by atoms with Crippen LogP contribution in [0.25, 0.3) is 0 Å². The standard InChI is InChI=1S/C16H34O3/c1-5-7-8-9-10-12-17-13-15(3)19-14-16(4)18-11-6-2/h15-16H,5-14H2,1-4H3. The molecule has 0 saturated heterocycles. The first-order chi connectivity index (χ1) is 9.20. The summed E-state index contributed by atoms with van der Waals surface area (Å²) in [6, 6.07) is 0. The molecule has 0 fully saturated rings. The largest absolute Gasteiger partial charge is 0.379 e. The molecule has 0 radical (unpaired) electrons. The summed E-state index contributed by atoms with van der Waals surface area (Å²) in [6.07, 6.45) is 7.81. The third-order valence-electron chi connectivity index (χ3n) is 2.97. The Labute approximate surface area is 120 Å². The van der Waals surface area contributed by atoms with Gasteiger partial charge in [-0.3, -0.25) is 0 Å². The van der Waals surface area contributed by atoms with Crippen molar-refractivity contribution in [2.45, 2.75) is 78.4 Å². The molecule has 0 aromatic carbocycles. The van der Waals surface area contributed by atoms with E-state index in [9.17, 15) is 0 Å². The Kier molecular flexibility index (Phi) is 14.2. The molecule has 0 aromatic heterocycles. The molecule has 2 unspecified atom stereocenters. The number of ether oxygens (including phenoxy) is 3. The van der Waals surface area contributed by atoms with Crippen molar-refractivity contribution in [2.24, 2.45) is 0 Å². The van der Waals surface area contributed by atoms with Crippen molar-refractivity contribution in [1.82, 2.24) is 0 Å². The predicted octanol–water partition coefficient (Wildman–Crippen LogP) is 4.19. The van der Waals surface area contributed by atoms with Gasteiger partial charge in [0.2, 0.25) is 0 Å². The second kappa shape index (κ2) is 14.3. The van der Waals surface area contributed by atoms with Gasteiger partial charge in [0.25, 0.3) is 0 Å². The van der Waals surface area contributed by atoms with E-state index in [1.54, 1.807) is 0 Å². The lowest BCUT2D eigenvalue weighted by Crippen LogP contribution is -2.23. The van der Waals surface area contributed by atoms with Gasteiger partial charge >= 0.3 is 0 Å². The highest BCUT2D eigenvalue weighted by molar-refractivity contribution is 4.52. The van der Waals surface area contributed by atoms with Crippen molar-refractivity contribution in [2.75, 3.05) is 26.4 Å². The third-order valence-corrected chi connectivity index (χ3v) is 2.97. The van der Waals surface area contributed by atoms with E-state index in [0.29, 0.717) is 13.2 Å². The van der Waals surface area contributed by atoms with E-state index < -0.39 is 0 Å². The zero-order valence-electron chi connectivity index (χ0n) is 13.5. The van der Waals surface area contributed by atoms with Gasteiger partial charge in [-0.2, -0.15) is 0 Å². The van der Waals surface area contributed by atoms with E-state index in [2.05, 4.69) is 27.7 Å². The maximum atomic E-state index is 5.70. The first kappa shape index (κ1) is 18.9. The maximum Gasteiger partial charge on any atom is 0.0781 e. The lowest BCUT2D eigenvalue weighted by molar-refractivity contribution is -0.0570. The van der Waals surface area contributed by atoms with Crippen LogP contribution in [0.4, 0.5) is 0 Å². The van der Waals surface area contributed by atoms with Crippen LogP contribution in [0.1, 0.15) is 66.2 Å². The first-order valence-corrected chi connectivity index (χ1v) is 8.01. The average molecular weight is 274 g/mol. The molecule has 0 amide bonds. The van der Waals surface area contributed by atoms with Gasteiger partial charge in [0.15, 0.2) is 0 Å². The Morgan fingerprint density at radius 2 is 1.37 bits per heavy atom. The molecule has 0 aromatic rings. The Morgan fingerprint density at radius 3 is 2.05 bits per heavy atom. The van der Waals surface area contributed by atoms with Gasteiger partial charge in [-0.05, 0) is 26.7 Å². The Morgan fingerprint density at radius 1 is 0.684 bits per heavy atom. The quantitative estimate of drug-likeness (QED) is 0.444. The topological polar surface area (TPSA) is 27.7 Å². The molecule has 0 aliphatic carbocycles. The number of hydrogen-bond acceptors (Lipinski definition) is 3. The van der Waals surface area contributed by atoms with Crippen LogP contribution in [-0.4, -0.2) is 38.6 Å². The van der Waals surface area contributed by atoms with E-state index in [0.717, 1.165) is 19.6 Å². The number of rotatable bonds is 14. The fourth-order valence-electron chi connectivity index (χ4n) is 1.77. The smallest absolute Gasteiger partial charge is 0.0781 e. The second-order valence-corrected chi connectivity index (χ2v) is 5.31. The molecule has 3 heteroatoms. The summed E-state index contributed by atoms with van der Waals surface area (Å²) in [4.78, 5) is 0. The fourth-order valence-corrected chi connectivity index (χ4v) is 1.77. The van der Waals surface area contributed by atoms with Gasteiger partial charge in [0, 0.05) is 13.2 Å². The fraction of sp³-hybridized carbons (Fsp3) is 1.00. The van der Waals surface area contributed by atoms with Crippen LogP contribution in [-0.2, 0) is 14.2 Å². The highest BCUT2D eigenvalue weighted by Crippen LogP contribution is 2.03. The Bertz CT molecular complexity index is 173. The van der Waals surface area contributed by atoms with Gasteiger partial charge in [-0.15, -0.1) is 0 Å². The maximum absolute atomic E-state index is 5.70. The first-order valence-electron chi connectivity index (χ1n) is 8.01. The molecule has 3 nitrogen and oxygen atoms in total. The van der Waals surface area contributed by atoms with Crippen LogP contribution in [0, 0.1) is 0 Å². The van der Waals surface area contributed by atoms with E-state index >= 15 is 0 Å². The van der Waals surface area contributed by atoms with Gasteiger partial charge in [-0.1, -0.05) is 39.5 Å². The molecular weight excluding hydrogens is 240 g/mol. The highest BCUT2D eigenvalue weighted by atomic mass is 16.6. The second-order valence-electron chi connectivity index (χ2n) is 5.31. The van der Waals surface area contributed by atoms with Gasteiger partial charge < -0.3 is 14.2 Å². The zero-order chi connectivity index (χ0) is 14.3. The summed E-state index contributed by atoms with van der Waals surface area (Å²) in [5.74, 6) is 0. The molecule has 0 aliphatic heterocycles. The van der Waals surface area contributed by atoms with Crippen LogP contribution >= 0.6 is 0 Å². The van der Waals surface area contributed by atoms with Crippen LogP contribution in [0.15, 0.2) is 0 Å². The van der Waals surface area contributed by atoms with Crippen molar-refractivity contribution in [3.8, 4) is 0 Å². The van der Waals surface area contributed by atoms with Crippen molar-refractivity contribution in [1.29, 1.82) is 0 Å². The van der Waals surface area contributed by atoms with E-state index in [4.69, 9.17) is 14.2 Å². The molecule has 0 N–H and O–H groups in total. The average Bonchev–Trinajstić information content (AvgIpc) is 2.41. The molecule has 0 bridgehead atoms. The molecule has 0 aliphatic rings. The number of unbranched alkanes of at least 4 members (excludes halogenated alkanes) is 4. The number of hydrogen-bond donors (Lipinski definition) is 0. The van der Waals surface area contributed by atoms with Crippen LogP contribution < -0.4 is 0 Å². The SMILES string of the molecule is CCCCCCCOCC(C)OCC(C)OCCC. The summed E-state index contributed by atoms with van der Waals surface area (Å²) in [6.45, 7) is 11.5. The Balaban J connectivity index is 3.27. The zero-order valence-corrected chi connectivity index (χ0v) is 13.5. The van der Waals surface area contributed by atoms with Crippen LogP contribution in [0.5, 0.6) is 0 Å². The summed E-state index contributed by atoms with van der Waals surface area (Å²) >= 11 is 0. The Hall–Kier alpha value is -0.120. The normalized spacial score (nSPS) is 14.5. The molecule has 0 saturated carbocycles. The lowest BCUT2D eigenvalue weighted by atomic mass is 10.2. The molecule has 0 heterocycles. The van der Waals surface area contributed by atoms with E-state index in [-0.39, 0.29) is 12.2 Å². The monoisotopic (exact) mass is 274 g/mol. The van der Waals surface area contributed by atoms with E-state index in [1.807, 2.05) is 0 Å². The highest BCUT2D eigenvalue weighted by Gasteiger charge is 2.06. The van der Waals surface area contributed by atoms with Gasteiger partial charge in [0.05, 0.1) is 25.4 Å². The molecule has 0 spiro atoms. The molecule has 0 rings (SSSR count). The van der Waals surface area contributed by atoms with Gasteiger partial charge in [0.1, 0.15) is 0 Å². The molecule has 116 valence electrons. The van der Waals surface area contributed by atoms with Crippen LogP contribution in [0.3, 0.4) is 0 Å². The summed E-state index contributed by atoms with van der Waals surface area (Å²) in [5.41, 5.74) is 0. The van der Waals surface area contributed by atoms with Crippen molar-refractivity contribution in [3.05, 3.63) is 0 Å². The van der Waals surface area contributed by atoms with Crippen molar-refractivity contribution >= 4 is 0 Å². The predicted molar refractivity (Wildman–Crippen MR) is 80.7 cm³/mol. The molecule has 19 heavy (non-hydrogen) atoms. The molecule has 2 atom stereocenters. The van der Waals surface area contributed by atoms with E-state index in [1.165, 1.54) is 32.1 Å². The minimum absolute atomic E-state index is 0.156. The van der Waals surface area contributed by atoms with Crippen molar-refractivity contribution < 1.29 is 14.2 Å². The summed E-state index contributed by atoms with van der Waals surface area (Å²) < 4.78 is 16.9. The minimum atomic E-state index is 0.156. The van der Waals surface area contributed by atoms with Gasteiger partial charge in [-0.25, -0.2) is 0 Å².